The van der Waals surface area contributed by atoms with Crippen molar-refractivity contribution in [1.82, 2.24) is 4.90 Å². The minimum Gasteiger partial charge on any atom is -0.872 e. The first kappa shape index (κ1) is 25.9. The Morgan fingerprint density at radius 3 is 2.36 bits per heavy atom. The first-order chi connectivity index (χ1) is 17.4. The van der Waals surface area contributed by atoms with Crippen LogP contribution < -0.4 is 14.7 Å². The van der Waals surface area contributed by atoms with Crippen LogP contribution in [0.5, 0.6) is 5.75 Å². The molecule has 0 saturated carbocycles. The van der Waals surface area contributed by atoms with Crippen LogP contribution in [0.15, 0.2) is 54.1 Å². The highest BCUT2D eigenvalue weighted by Crippen LogP contribution is 2.38. The highest BCUT2D eigenvalue weighted by Gasteiger charge is 2.44. The molecule has 2 saturated heterocycles. The van der Waals surface area contributed by atoms with Crippen molar-refractivity contribution in [2.75, 3.05) is 46.0 Å². The van der Waals surface area contributed by atoms with E-state index in [0.29, 0.717) is 50.1 Å². The number of hydrogen-bond acceptors (Lipinski definition) is 5. The van der Waals surface area contributed by atoms with E-state index < -0.39 is 23.5 Å². The molecule has 7 nitrogen and oxygen atoms in total. The Kier molecular flexibility index (Phi) is 8.44. The van der Waals surface area contributed by atoms with Crippen LogP contribution >= 0.6 is 0 Å². The fourth-order valence-electron chi connectivity index (χ4n) is 4.69. The number of nitrogens with zero attached hydrogens (tertiary/aromatic N) is 1. The van der Waals surface area contributed by atoms with Gasteiger partial charge in [-0.15, -0.1) is 0 Å². The highest BCUT2D eigenvalue weighted by atomic mass is 16.5. The van der Waals surface area contributed by atoms with Crippen LogP contribution in [0, 0.1) is 5.92 Å². The number of carbonyl (C=O) groups excluding carboxylic acids is 2. The zero-order chi connectivity index (χ0) is 25.7. The van der Waals surface area contributed by atoms with Crippen LogP contribution in [-0.2, 0) is 20.7 Å². The molecule has 1 amide bonds. The number of likely N-dealkylation sites (tertiary alicyclic amines) is 1. The van der Waals surface area contributed by atoms with Gasteiger partial charge in [-0.05, 0) is 41.2 Å². The van der Waals surface area contributed by atoms with Crippen molar-refractivity contribution >= 4 is 17.4 Å². The van der Waals surface area contributed by atoms with E-state index in [0.717, 1.165) is 30.6 Å². The van der Waals surface area contributed by atoms with Crippen molar-refractivity contribution in [3.8, 4) is 5.75 Å². The van der Waals surface area contributed by atoms with Gasteiger partial charge in [0.25, 0.3) is 5.91 Å². The Labute approximate surface area is 213 Å². The lowest BCUT2D eigenvalue weighted by atomic mass is 9.94. The fraction of sp³-hybridized carbons (Fsp3) is 0.448. The lowest BCUT2D eigenvalue weighted by molar-refractivity contribution is -0.907. The summed E-state index contributed by atoms with van der Waals surface area (Å²) in [5, 5.41) is 13.6. The molecule has 0 bridgehead atoms. The SMILES string of the molecule is CCc1ccc(C2/C(=C(\[O-])c3ccc(OCC(C)C)cc3)C(=O)C(=O)N2CC[NH+]2CCOCC2)cc1. The average Bonchev–Trinajstić information content (AvgIpc) is 3.16. The summed E-state index contributed by atoms with van der Waals surface area (Å²) in [5.74, 6) is -0.668. The summed E-state index contributed by atoms with van der Waals surface area (Å²) in [5.41, 5.74) is 2.34. The first-order valence-electron chi connectivity index (χ1n) is 12.9. The molecule has 192 valence electrons. The Morgan fingerprint density at radius 1 is 1.08 bits per heavy atom. The van der Waals surface area contributed by atoms with Crippen LogP contribution in [-0.4, -0.2) is 62.6 Å². The lowest BCUT2D eigenvalue weighted by Gasteiger charge is -2.30. The molecule has 2 aliphatic rings. The van der Waals surface area contributed by atoms with Gasteiger partial charge in [-0.2, -0.15) is 0 Å². The molecule has 2 aromatic carbocycles. The van der Waals surface area contributed by atoms with Gasteiger partial charge in [0.1, 0.15) is 18.8 Å². The van der Waals surface area contributed by atoms with E-state index in [2.05, 4.69) is 20.8 Å². The zero-order valence-electron chi connectivity index (χ0n) is 21.4. The van der Waals surface area contributed by atoms with Crippen LogP contribution in [0.25, 0.3) is 5.76 Å². The number of benzene rings is 2. The number of quaternary nitrogens is 1. The smallest absolute Gasteiger partial charge is 0.295 e. The number of nitrogens with one attached hydrogen (secondary N) is 1. The van der Waals surface area contributed by atoms with Crippen molar-refractivity contribution < 1.29 is 29.1 Å². The molecule has 0 radical (unpaired) electrons. The van der Waals surface area contributed by atoms with E-state index in [1.165, 1.54) is 4.90 Å². The molecule has 2 heterocycles. The van der Waals surface area contributed by atoms with Crippen LogP contribution in [0.3, 0.4) is 0 Å². The summed E-state index contributed by atoms with van der Waals surface area (Å²) >= 11 is 0. The number of ether oxygens (including phenoxy) is 2. The van der Waals surface area contributed by atoms with E-state index in [9.17, 15) is 14.7 Å². The molecule has 2 aromatic rings. The monoisotopic (exact) mass is 492 g/mol. The highest BCUT2D eigenvalue weighted by molar-refractivity contribution is 6.46. The largest absolute Gasteiger partial charge is 0.872 e. The van der Waals surface area contributed by atoms with Crippen molar-refractivity contribution in [1.29, 1.82) is 0 Å². The van der Waals surface area contributed by atoms with Gasteiger partial charge in [0, 0.05) is 5.57 Å². The van der Waals surface area contributed by atoms with E-state index >= 15 is 0 Å². The molecular formula is C29H36N2O5. The molecule has 36 heavy (non-hydrogen) atoms. The van der Waals surface area contributed by atoms with E-state index in [4.69, 9.17) is 9.47 Å². The Balaban J connectivity index is 1.67. The van der Waals surface area contributed by atoms with Crippen LogP contribution in [0.2, 0.25) is 0 Å². The molecular weight excluding hydrogens is 456 g/mol. The predicted octanol–water partition coefficient (Wildman–Crippen LogP) is 1.42. The Hall–Kier alpha value is -3.16. The van der Waals surface area contributed by atoms with Gasteiger partial charge in [-0.1, -0.05) is 62.9 Å². The maximum atomic E-state index is 13.6. The average molecular weight is 493 g/mol. The molecule has 7 heteroatoms. The predicted molar refractivity (Wildman–Crippen MR) is 135 cm³/mol. The van der Waals surface area contributed by atoms with Crippen molar-refractivity contribution in [3.63, 3.8) is 0 Å². The fourth-order valence-corrected chi connectivity index (χ4v) is 4.69. The third-order valence-electron chi connectivity index (χ3n) is 6.84. The number of aryl methyl sites for hydroxylation is 1. The molecule has 0 spiro atoms. The minimum atomic E-state index is -0.707. The molecule has 1 unspecified atom stereocenters. The molecule has 0 aromatic heterocycles. The molecule has 2 aliphatic heterocycles. The quantitative estimate of drug-likeness (QED) is 0.325. The van der Waals surface area contributed by atoms with Gasteiger partial charge in [0.05, 0.1) is 39.0 Å². The van der Waals surface area contributed by atoms with E-state index in [1.807, 2.05) is 24.3 Å². The topological polar surface area (TPSA) is 83.3 Å². The normalized spacial score (nSPS) is 20.3. The number of rotatable bonds is 9. The van der Waals surface area contributed by atoms with Gasteiger partial charge in [0.2, 0.25) is 5.78 Å². The van der Waals surface area contributed by atoms with Gasteiger partial charge in [0.15, 0.2) is 0 Å². The molecule has 0 aliphatic carbocycles. The zero-order valence-corrected chi connectivity index (χ0v) is 21.4. The van der Waals surface area contributed by atoms with Gasteiger partial charge in [-0.3, -0.25) is 9.59 Å². The summed E-state index contributed by atoms with van der Waals surface area (Å²) in [6, 6.07) is 14.0. The van der Waals surface area contributed by atoms with E-state index in [1.54, 1.807) is 29.2 Å². The maximum absolute atomic E-state index is 13.6. The third kappa shape index (κ3) is 5.79. The van der Waals surface area contributed by atoms with Gasteiger partial charge >= 0.3 is 0 Å². The number of Topliss-reactive ketones (excluding diaryl/α,β-unsaturated/α-hetero) is 1. The van der Waals surface area contributed by atoms with Crippen molar-refractivity contribution in [2.24, 2.45) is 5.92 Å². The molecule has 1 N–H and O–H groups in total. The second kappa shape index (κ2) is 11.7. The van der Waals surface area contributed by atoms with Crippen molar-refractivity contribution in [3.05, 3.63) is 70.8 Å². The third-order valence-corrected chi connectivity index (χ3v) is 6.84. The lowest BCUT2D eigenvalue weighted by Crippen LogP contribution is -3.14. The molecule has 1 atom stereocenters. The van der Waals surface area contributed by atoms with Crippen LogP contribution in [0.1, 0.15) is 43.5 Å². The minimum absolute atomic E-state index is 0.0251. The first-order valence-corrected chi connectivity index (χ1v) is 12.9. The summed E-state index contributed by atoms with van der Waals surface area (Å²) in [6.45, 7) is 11.0. The van der Waals surface area contributed by atoms with Crippen molar-refractivity contribution in [2.45, 2.75) is 33.2 Å². The Morgan fingerprint density at radius 2 is 1.75 bits per heavy atom. The molecule has 2 fully saturated rings. The van der Waals surface area contributed by atoms with Crippen LogP contribution in [0.4, 0.5) is 0 Å². The standard InChI is InChI=1S/C29H36N2O5/c1-4-21-5-7-22(8-6-21)26-25(27(32)23-9-11-24(12-10-23)36-19-20(2)3)28(33)29(34)31(26)14-13-30-15-17-35-18-16-30/h5-12,20,26,32H,4,13-19H2,1-3H3/b27-25+. The second-order valence-corrected chi connectivity index (χ2v) is 9.91. The molecule has 4 rings (SSSR count). The maximum Gasteiger partial charge on any atom is 0.295 e. The van der Waals surface area contributed by atoms with Gasteiger partial charge < -0.3 is 24.4 Å². The summed E-state index contributed by atoms with van der Waals surface area (Å²) in [4.78, 5) is 29.3. The summed E-state index contributed by atoms with van der Waals surface area (Å²) in [7, 11) is 0. The number of hydrogen-bond donors (Lipinski definition) is 1. The van der Waals surface area contributed by atoms with Gasteiger partial charge in [-0.25, -0.2) is 0 Å². The Bertz CT molecular complexity index is 1090. The number of ketones is 1. The number of amides is 1. The summed E-state index contributed by atoms with van der Waals surface area (Å²) in [6.07, 6.45) is 0.883. The number of carbonyl (C=O) groups is 2. The second-order valence-electron chi connectivity index (χ2n) is 9.91. The van der Waals surface area contributed by atoms with E-state index in [-0.39, 0.29) is 5.57 Å². The summed E-state index contributed by atoms with van der Waals surface area (Å²) < 4.78 is 11.2. The number of morpholine rings is 1.